The van der Waals surface area contributed by atoms with Crippen molar-refractivity contribution in [2.24, 2.45) is 5.14 Å². The zero-order chi connectivity index (χ0) is 20.6. The van der Waals surface area contributed by atoms with E-state index in [2.05, 4.69) is 4.98 Å². The second-order valence-electron chi connectivity index (χ2n) is 6.63. The highest BCUT2D eigenvalue weighted by atomic mass is 32.2. The number of benzene rings is 2. The predicted molar refractivity (Wildman–Crippen MR) is 112 cm³/mol. The SMILES string of the molecule is CC(=O)c1ccc(-c2ccnc3ccc(-c4cccc(S(N)(=O)=O)c4)nc23)cc1. The van der Waals surface area contributed by atoms with E-state index in [0.717, 1.165) is 11.1 Å². The van der Waals surface area contributed by atoms with Crippen LogP contribution in [0.25, 0.3) is 33.4 Å². The number of primary sulfonamides is 1. The molecule has 0 amide bonds. The van der Waals surface area contributed by atoms with Gasteiger partial charge in [0.25, 0.3) is 0 Å². The summed E-state index contributed by atoms with van der Waals surface area (Å²) < 4.78 is 23.3. The molecule has 2 aromatic heterocycles. The Balaban J connectivity index is 1.86. The van der Waals surface area contributed by atoms with Gasteiger partial charge in [0.05, 0.1) is 21.6 Å². The molecule has 2 aromatic carbocycles. The second-order valence-corrected chi connectivity index (χ2v) is 8.19. The number of nitrogens with two attached hydrogens (primary N) is 1. The second kappa shape index (κ2) is 7.20. The van der Waals surface area contributed by atoms with Gasteiger partial charge in [-0.05, 0) is 42.8 Å². The lowest BCUT2D eigenvalue weighted by molar-refractivity contribution is 0.101. The van der Waals surface area contributed by atoms with E-state index in [1.165, 1.54) is 19.1 Å². The van der Waals surface area contributed by atoms with Gasteiger partial charge in [-0.1, -0.05) is 36.4 Å². The average Bonchev–Trinajstić information content (AvgIpc) is 2.72. The van der Waals surface area contributed by atoms with Crippen LogP contribution < -0.4 is 5.14 Å². The number of carbonyl (C=O) groups is 1. The molecule has 29 heavy (non-hydrogen) atoms. The van der Waals surface area contributed by atoms with Crippen molar-refractivity contribution in [3.8, 4) is 22.4 Å². The number of pyridine rings is 2. The number of aromatic nitrogens is 2. The van der Waals surface area contributed by atoms with Gasteiger partial charge in [0.1, 0.15) is 0 Å². The standard InChI is InChI=1S/C22H17N3O3S/c1-14(26)15-5-7-16(8-6-15)19-11-12-24-21-10-9-20(25-22(19)21)17-3-2-4-18(13-17)29(23,27)28/h2-13H,1H3,(H2,23,27,28). The first-order chi connectivity index (χ1) is 13.8. The van der Waals surface area contributed by atoms with E-state index < -0.39 is 10.0 Å². The summed E-state index contributed by atoms with van der Waals surface area (Å²) in [5, 5.41) is 5.25. The molecule has 0 bridgehead atoms. The average molecular weight is 403 g/mol. The van der Waals surface area contributed by atoms with E-state index in [1.807, 2.05) is 24.3 Å². The quantitative estimate of drug-likeness (QED) is 0.522. The minimum Gasteiger partial charge on any atom is -0.295 e. The normalized spacial score (nSPS) is 11.5. The van der Waals surface area contributed by atoms with Crippen LogP contribution in [0.3, 0.4) is 0 Å². The van der Waals surface area contributed by atoms with Crippen LogP contribution in [0.2, 0.25) is 0 Å². The number of ketones is 1. The molecule has 2 heterocycles. The summed E-state index contributed by atoms with van der Waals surface area (Å²) in [6.45, 7) is 1.53. The molecule has 0 radical (unpaired) electrons. The van der Waals surface area contributed by atoms with Gasteiger partial charge >= 0.3 is 0 Å². The molecule has 0 saturated heterocycles. The fraction of sp³-hybridized carbons (Fsp3) is 0.0455. The summed E-state index contributed by atoms with van der Waals surface area (Å²) in [6.07, 6.45) is 1.71. The molecule has 4 aromatic rings. The summed E-state index contributed by atoms with van der Waals surface area (Å²) in [7, 11) is -3.81. The van der Waals surface area contributed by atoms with Crippen molar-refractivity contribution in [2.75, 3.05) is 0 Å². The molecule has 0 unspecified atom stereocenters. The maximum atomic E-state index is 11.7. The third-order valence-corrected chi connectivity index (χ3v) is 5.56. The van der Waals surface area contributed by atoms with E-state index in [-0.39, 0.29) is 10.7 Å². The Morgan fingerprint density at radius 1 is 0.931 bits per heavy atom. The largest absolute Gasteiger partial charge is 0.295 e. The first kappa shape index (κ1) is 18.9. The van der Waals surface area contributed by atoms with Crippen molar-refractivity contribution in [3.63, 3.8) is 0 Å². The Hall–Kier alpha value is -3.42. The zero-order valence-corrected chi connectivity index (χ0v) is 16.3. The van der Waals surface area contributed by atoms with Crippen LogP contribution in [-0.2, 0) is 10.0 Å². The monoisotopic (exact) mass is 403 g/mol. The van der Waals surface area contributed by atoms with Gasteiger partial charge in [0.2, 0.25) is 10.0 Å². The van der Waals surface area contributed by atoms with Crippen LogP contribution in [0.15, 0.2) is 77.8 Å². The minimum atomic E-state index is -3.81. The molecular weight excluding hydrogens is 386 g/mol. The third-order valence-electron chi connectivity index (χ3n) is 4.64. The molecule has 2 N–H and O–H groups in total. The fourth-order valence-corrected chi connectivity index (χ4v) is 3.70. The van der Waals surface area contributed by atoms with Crippen LogP contribution in [0.4, 0.5) is 0 Å². The lowest BCUT2D eigenvalue weighted by Gasteiger charge is -2.09. The van der Waals surface area contributed by atoms with Crippen molar-refractivity contribution >= 4 is 26.8 Å². The highest BCUT2D eigenvalue weighted by Gasteiger charge is 2.12. The smallest absolute Gasteiger partial charge is 0.238 e. The number of sulfonamides is 1. The maximum Gasteiger partial charge on any atom is 0.238 e. The molecule has 0 aliphatic heterocycles. The third kappa shape index (κ3) is 3.78. The van der Waals surface area contributed by atoms with Gasteiger partial charge in [0.15, 0.2) is 5.78 Å². The van der Waals surface area contributed by atoms with Gasteiger partial charge in [-0.2, -0.15) is 0 Å². The van der Waals surface area contributed by atoms with Crippen LogP contribution in [0, 0.1) is 0 Å². The maximum absolute atomic E-state index is 11.7. The topological polar surface area (TPSA) is 103 Å². The van der Waals surface area contributed by atoms with Crippen molar-refractivity contribution in [1.29, 1.82) is 0 Å². The number of rotatable bonds is 4. The molecule has 144 valence electrons. The van der Waals surface area contributed by atoms with Crippen molar-refractivity contribution < 1.29 is 13.2 Å². The van der Waals surface area contributed by atoms with Gasteiger partial charge in [0, 0.05) is 22.9 Å². The molecule has 4 rings (SSSR count). The van der Waals surface area contributed by atoms with E-state index in [9.17, 15) is 13.2 Å². The van der Waals surface area contributed by atoms with Crippen molar-refractivity contribution in [1.82, 2.24) is 9.97 Å². The Bertz CT molecular complexity index is 1350. The lowest BCUT2D eigenvalue weighted by atomic mass is 10.0. The Labute approximate surface area is 168 Å². The number of Topliss-reactive ketones (excluding diaryl/α,β-unsaturated/α-hetero) is 1. The predicted octanol–water partition coefficient (Wildman–Crippen LogP) is 3.81. The van der Waals surface area contributed by atoms with Gasteiger partial charge in [-0.3, -0.25) is 9.78 Å². The Morgan fingerprint density at radius 2 is 1.69 bits per heavy atom. The summed E-state index contributed by atoms with van der Waals surface area (Å²) in [5.74, 6) is 0.00582. The molecule has 6 nitrogen and oxygen atoms in total. The Morgan fingerprint density at radius 3 is 2.38 bits per heavy atom. The van der Waals surface area contributed by atoms with E-state index in [4.69, 9.17) is 10.1 Å². The number of fused-ring (bicyclic) bond motifs is 1. The van der Waals surface area contributed by atoms with Crippen LogP contribution in [-0.4, -0.2) is 24.2 Å². The molecule has 0 aliphatic rings. The van der Waals surface area contributed by atoms with E-state index in [1.54, 1.807) is 36.5 Å². The molecule has 0 saturated carbocycles. The molecule has 0 atom stereocenters. The van der Waals surface area contributed by atoms with Crippen LogP contribution >= 0.6 is 0 Å². The zero-order valence-electron chi connectivity index (χ0n) is 15.5. The van der Waals surface area contributed by atoms with Gasteiger partial charge < -0.3 is 0 Å². The van der Waals surface area contributed by atoms with Gasteiger partial charge in [-0.15, -0.1) is 0 Å². The number of hydrogen-bond donors (Lipinski definition) is 1. The molecule has 7 heteroatoms. The number of nitrogens with zero attached hydrogens (tertiary/aromatic N) is 2. The summed E-state index contributed by atoms with van der Waals surface area (Å²) in [6, 6.07) is 19.2. The van der Waals surface area contributed by atoms with Crippen molar-refractivity contribution in [3.05, 3.63) is 78.5 Å². The van der Waals surface area contributed by atoms with E-state index >= 15 is 0 Å². The summed E-state index contributed by atoms with van der Waals surface area (Å²) in [4.78, 5) is 20.7. The molecule has 0 aliphatic carbocycles. The first-order valence-corrected chi connectivity index (χ1v) is 10.4. The minimum absolute atomic E-state index is 0.00582. The summed E-state index contributed by atoms with van der Waals surface area (Å²) in [5.41, 5.74) is 5.06. The van der Waals surface area contributed by atoms with Crippen molar-refractivity contribution in [2.45, 2.75) is 11.8 Å². The number of hydrogen-bond acceptors (Lipinski definition) is 5. The lowest BCUT2D eigenvalue weighted by Crippen LogP contribution is -2.11. The highest BCUT2D eigenvalue weighted by Crippen LogP contribution is 2.29. The van der Waals surface area contributed by atoms with Gasteiger partial charge in [-0.25, -0.2) is 18.5 Å². The summed E-state index contributed by atoms with van der Waals surface area (Å²) >= 11 is 0. The van der Waals surface area contributed by atoms with E-state index in [0.29, 0.717) is 27.9 Å². The number of carbonyl (C=O) groups excluding carboxylic acids is 1. The first-order valence-electron chi connectivity index (χ1n) is 8.83. The fourth-order valence-electron chi connectivity index (χ4n) is 3.14. The van der Waals surface area contributed by atoms with Crippen LogP contribution in [0.1, 0.15) is 17.3 Å². The highest BCUT2D eigenvalue weighted by molar-refractivity contribution is 7.89. The molecule has 0 spiro atoms. The Kier molecular flexibility index (Phi) is 4.70. The molecular formula is C22H17N3O3S. The molecule has 0 fully saturated rings. The van der Waals surface area contributed by atoms with Crippen LogP contribution in [0.5, 0.6) is 0 Å².